The van der Waals surface area contributed by atoms with Crippen LogP contribution in [0.5, 0.6) is 0 Å². The van der Waals surface area contributed by atoms with Crippen molar-refractivity contribution >= 4 is 40.9 Å². The number of hydrogen-bond donors (Lipinski definition) is 2. The van der Waals surface area contributed by atoms with E-state index in [2.05, 4.69) is 29.6 Å². The third kappa shape index (κ3) is 5.15. The monoisotopic (exact) mass is 410 g/mol. The summed E-state index contributed by atoms with van der Waals surface area (Å²) >= 11 is 7.49. The van der Waals surface area contributed by atoms with E-state index in [0.717, 1.165) is 11.1 Å². The van der Waals surface area contributed by atoms with E-state index >= 15 is 0 Å². The van der Waals surface area contributed by atoms with Crippen LogP contribution in [0, 0.1) is 0 Å². The third-order valence-corrected chi connectivity index (χ3v) is 5.74. The van der Waals surface area contributed by atoms with Crippen LogP contribution >= 0.6 is 23.4 Å². The molecule has 4 nitrogen and oxygen atoms in total. The Labute approximate surface area is 173 Å². The first kappa shape index (κ1) is 20.0. The van der Waals surface area contributed by atoms with Gasteiger partial charge >= 0.3 is 0 Å². The number of nitrogens with one attached hydrogen (secondary N) is 1. The van der Waals surface area contributed by atoms with Gasteiger partial charge in [-0.15, -0.1) is 11.8 Å². The number of rotatable bonds is 7. The van der Waals surface area contributed by atoms with Crippen molar-refractivity contribution in [2.24, 2.45) is 5.73 Å². The molecule has 3 rings (SSSR count). The third-order valence-electron chi connectivity index (χ3n) is 4.10. The molecule has 0 fully saturated rings. The fourth-order valence-electron chi connectivity index (χ4n) is 2.79. The van der Waals surface area contributed by atoms with Crippen LogP contribution in [0.1, 0.15) is 26.7 Å². The molecule has 0 spiro atoms. The molecule has 0 radical (unpaired) electrons. The highest BCUT2D eigenvalue weighted by Crippen LogP contribution is 2.35. The Morgan fingerprint density at radius 1 is 0.929 bits per heavy atom. The van der Waals surface area contributed by atoms with Crippen molar-refractivity contribution in [3.63, 3.8) is 0 Å². The molecule has 0 aliphatic carbocycles. The zero-order valence-electron chi connectivity index (χ0n) is 15.0. The molecule has 3 aromatic carbocycles. The Kier molecular flexibility index (Phi) is 6.74. The van der Waals surface area contributed by atoms with Crippen LogP contribution in [0.4, 0.5) is 5.69 Å². The second-order valence-corrected chi connectivity index (χ2v) is 7.62. The number of thioether (sulfide) groups is 1. The van der Waals surface area contributed by atoms with Gasteiger partial charge < -0.3 is 11.1 Å². The van der Waals surface area contributed by atoms with Crippen LogP contribution in [-0.4, -0.2) is 17.6 Å². The van der Waals surface area contributed by atoms with Crippen molar-refractivity contribution in [1.29, 1.82) is 0 Å². The minimum Gasteiger partial charge on any atom is -0.366 e. The number of nitrogens with two attached hydrogens (primary N) is 1. The average Bonchev–Trinajstić information content (AvgIpc) is 2.71. The van der Waals surface area contributed by atoms with E-state index in [0.29, 0.717) is 5.69 Å². The molecule has 0 saturated heterocycles. The van der Waals surface area contributed by atoms with E-state index in [1.807, 2.05) is 36.4 Å². The maximum atomic E-state index is 12.5. The molecule has 3 aromatic rings. The summed E-state index contributed by atoms with van der Waals surface area (Å²) in [7, 11) is 0. The maximum Gasteiger partial charge on any atom is 0.250 e. The minimum absolute atomic E-state index is 0.0412. The van der Waals surface area contributed by atoms with Gasteiger partial charge in [0.15, 0.2) is 0 Å². The van der Waals surface area contributed by atoms with Gasteiger partial charge in [-0.25, -0.2) is 0 Å². The largest absolute Gasteiger partial charge is 0.366 e. The van der Waals surface area contributed by atoms with Crippen LogP contribution in [0.3, 0.4) is 0 Å². The first-order chi connectivity index (χ1) is 13.5. The molecule has 142 valence electrons. The Hall–Kier alpha value is -2.76. The number of carbonyl (C=O) groups is 2. The summed E-state index contributed by atoms with van der Waals surface area (Å²) in [6.07, 6.45) is 0. The van der Waals surface area contributed by atoms with Gasteiger partial charge in [-0.05, 0) is 29.3 Å². The SMILES string of the molecule is NC(=O)c1cc(NC(=O)CSC(c2ccccc2)c2ccccc2)ccc1Cl. The van der Waals surface area contributed by atoms with Crippen LogP contribution < -0.4 is 11.1 Å². The lowest BCUT2D eigenvalue weighted by Gasteiger charge is -2.17. The zero-order chi connectivity index (χ0) is 19.9. The molecule has 0 atom stereocenters. The normalized spacial score (nSPS) is 10.6. The van der Waals surface area contributed by atoms with Gasteiger partial charge in [0, 0.05) is 5.69 Å². The number of amides is 2. The molecule has 0 unspecified atom stereocenters. The summed E-state index contributed by atoms with van der Waals surface area (Å²) in [4.78, 5) is 23.9. The lowest BCUT2D eigenvalue weighted by Crippen LogP contribution is -2.17. The van der Waals surface area contributed by atoms with Crippen LogP contribution in [0.15, 0.2) is 78.9 Å². The van der Waals surface area contributed by atoms with Gasteiger partial charge in [0.2, 0.25) is 11.8 Å². The Morgan fingerprint density at radius 3 is 2.04 bits per heavy atom. The molecule has 0 saturated carbocycles. The number of halogens is 1. The standard InChI is InChI=1S/C22H19ClN2O2S/c23-19-12-11-17(13-18(19)22(24)27)25-20(26)14-28-21(15-7-3-1-4-8-15)16-9-5-2-6-10-16/h1-13,21H,14H2,(H2,24,27)(H,25,26). The van der Waals surface area contributed by atoms with E-state index in [-0.39, 0.29) is 27.5 Å². The molecule has 0 aliphatic heterocycles. The van der Waals surface area contributed by atoms with Gasteiger partial charge in [-0.1, -0.05) is 72.3 Å². The van der Waals surface area contributed by atoms with E-state index in [4.69, 9.17) is 17.3 Å². The summed E-state index contributed by atoms with van der Waals surface area (Å²) in [6, 6.07) is 24.8. The fraction of sp³-hybridized carbons (Fsp3) is 0.0909. The van der Waals surface area contributed by atoms with Crippen molar-refractivity contribution in [1.82, 2.24) is 0 Å². The smallest absolute Gasteiger partial charge is 0.250 e. The molecular formula is C22H19ClN2O2S. The lowest BCUT2D eigenvalue weighted by molar-refractivity contribution is -0.113. The number of anilines is 1. The lowest BCUT2D eigenvalue weighted by atomic mass is 10.0. The van der Waals surface area contributed by atoms with Crippen LogP contribution in [-0.2, 0) is 4.79 Å². The number of hydrogen-bond acceptors (Lipinski definition) is 3. The predicted octanol–water partition coefficient (Wildman–Crippen LogP) is 4.90. The minimum atomic E-state index is -0.635. The molecule has 0 bridgehead atoms. The second kappa shape index (κ2) is 9.44. The first-order valence-electron chi connectivity index (χ1n) is 8.65. The van der Waals surface area contributed by atoms with Gasteiger partial charge in [-0.3, -0.25) is 9.59 Å². The Balaban J connectivity index is 1.71. The molecule has 0 heterocycles. The van der Waals surface area contributed by atoms with Crippen molar-refractivity contribution in [3.8, 4) is 0 Å². The van der Waals surface area contributed by atoms with Crippen molar-refractivity contribution in [2.45, 2.75) is 5.25 Å². The summed E-state index contributed by atoms with van der Waals surface area (Å²) in [5, 5.41) is 3.10. The molecule has 6 heteroatoms. The molecule has 3 N–H and O–H groups in total. The Morgan fingerprint density at radius 2 is 1.50 bits per heavy atom. The van der Waals surface area contributed by atoms with Gasteiger partial charge in [0.25, 0.3) is 0 Å². The Bertz CT molecular complexity index is 925. The topological polar surface area (TPSA) is 72.2 Å². The number of benzene rings is 3. The number of carbonyl (C=O) groups excluding carboxylic acids is 2. The van der Waals surface area contributed by atoms with Crippen molar-refractivity contribution < 1.29 is 9.59 Å². The van der Waals surface area contributed by atoms with E-state index in [9.17, 15) is 9.59 Å². The highest BCUT2D eigenvalue weighted by Gasteiger charge is 2.17. The summed E-state index contributed by atoms with van der Waals surface area (Å²) in [6.45, 7) is 0. The molecule has 2 amide bonds. The molecule has 0 aromatic heterocycles. The molecular weight excluding hydrogens is 392 g/mol. The number of primary amides is 1. The van der Waals surface area contributed by atoms with Crippen molar-refractivity contribution in [2.75, 3.05) is 11.1 Å². The first-order valence-corrected chi connectivity index (χ1v) is 10.1. The van der Waals surface area contributed by atoms with E-state index in [1.54, 1.807) is 12.1 Å². The average molecular weight is 411 g/mol. The van der Waals surface area contributed by atoms with E-state index < -0.39 is 5.91 Å². The van der Waals surface area contributed by atoms with Gasteiger partial charge in [0.05, 0.1) is 21.6 Å². The summed E-state index contributed by atoms with van der Waals surface area (Å²) in [5.41, 5.74) is 8.23. The van der Waals surface area contributed by atoms with Crippen LogP contribution in [0.2, 0.25) is 5.02 Å². The highest BCUT2D eigenvalue weighted by molar-refractivity contribution is 8.00. The highest BCUT2D eigenvalue weighted by atomic mass is 35.5. The maximum absolute atomic E-state index is 12.5. The van der Waals surface area contributed by atoms with Gasteiger partial charge in [-0.2, -0.15) is 0 Å². The predicted molar refractivity (Wildman–Crippen MR) is 116 cm³/mol. The van der Waals surface area contributed by atoms with Crippen LogP contribution in [0.25, 0.3) is 0 Å². The quantitative estimate of drug-likeness (QED) is 0.581. The zero-order valence-corrected chi connectivity index (χ0v) is 16.5. The van der Waals surface area contributed by atoms with Gasteiger partial charge in [0.1, 0.15) is 0 Å². The van der Waals surface area contributed by atoms with Crippen molar-refractivity contribution in [3.05, 3.63) is 101 Å². The van der Waals surface area contributed by atoms with E-state index in [1.165, 1.54) is 17.8 Å². The fourth-order valence-corrected chi connectivity index (χ4v) is 4.09. The summed E-state index contributed by atoms with van der Waals surface area (Å²) < 4.78 is 0. The molecule has 0 aliphatic rings. The summed E-state index contributed by atoms with van der Waals surface area (Å²) in [5.74, 6) is -0.550. The molecule has 28 heavy (non-hydrogen) atoms. The second-order valence-electron chi connectivity index (χ2n) is 6.12.